The molecule has 0 fully saturated rings. The summed E-state index contributed by atoms with van der Waals surface area (Å²) < 4.78 is 55.5. The largest absolute Gasteiger partial charge is 0.420 e. The molecule has 0 saturated heterocycles. The van der Waals surface area contributed by atoms with Gasteiger partial charge >= 0.3 is 0 Å². The van der Waals surface area contributed by atoms with Crippen LogP contribution in [0.3, 0.4) is 0 Å². The minimum atomic E-state index is -3.28. The van der Waals surface area contributed by atoms with E-state index in [0.717, 1.165) is 18.4 Å². The Morgan fingerprint density at radius 3 is 2.25 bits per heavy atom. The highest BCUT2D eigenvalue weighted by Gasteiger charge is 2.16. The molecule has 0 saturated carbocycles. The Morgan fingerprint density at radius 1 is 1.04 bits per heavy atom. The second kappa shape index (κ2) is 6.04. The van der Waals surface area contributed by atoms with Crippen molar-refractivity contribution in [1.82, 2.24) is 4.98 Å². The Bertz CT molecular complexity index is 963. The fraction of sp³-hybridized carbons (Fsp3) is 0.0625. The van der Waals surface area contributed by atoms with E-state index in [1.165, 1.54) is 24.4 Å². The molecule has 0 aliphatic rings. The van der Waals surface area contributed by atoms with Gasteiger partial charge in [-0.3, -0.25) is 0 Å². The summed E-state index contributed by atoms with van der Waals surface area (Å²) in [7, 11) is -3.28. The van der Waals surface area contributed by atoms with Crippen molar-refractivity contribution in [1.29, 1.82) is 0 Å². The van der Waals surface area contributed by atoms with Crippen LogP contribution in [0.4, 0.5) is 20.4 Å². The Balaban J connectivity index is 1.84. The van der Waals surface area contributed by atoms with E-state index in [-0.39, 0.29) is 22.2 Å². The number of nitrogens with zero attached hydrogens (tertiary/aromatic N) is 1. The summed E-state index contributed by atoms with van der Waals surface area (Å²) in [6.07, 6.45) is 2.40. The van der Waals surface area contributed by atoms with Gasteiger partial charge in [-0.2, -0.15) is 0 Å². The zero-order chi connectivity index (χ0) is 17.3. The van der Waals surface area contributed by atoms with Crippen molar-refractivity contribution in [3.8, 4) is 11.5 Å². The number of sulfone groups is 1. The summed E-state index contributed by atoms with van der Waals surface area (Å²) in [5, 5.41) is 2.84. The summed E-state index contributed by atoms with van der Waals surface area (Å²) in [6, 6.07) is 9.43. The number of rotatable bonds is 4. The maximum absolute atomic E-state index is 13.7. The summed E-state index contributed by atoms with van der Waals surface area (Å²) in [6.45, 7) is 0. The van der Waals surface area contributed by atoms with E-state index in [4.69, 9.17) is 4.42 Å². The van der Waals surface area contributed by atoms with Crippen molar-refractivity contribution in [2.45, 2.75) is 4.90 Å². The molecular formula is C16H12F2N2O3S. The Hall–Kier alpha value is -2.74. The summed E-state index contributed by atoms with van der Waals surface area (Å²) in [5.74, 6) is -1.58. The molecule has 24 heavy (non-hydrogen) atoms. The van der Waals surface area contributed by atoms with Gasteiger partial charge in [-0.15, -0.1) is 0 Å². The molecule has 0 radical (unpaired) electrons. The first kappa shape index (κ1) is 16.1. The van der Waals surface area contributed by atoms with Crippen molar-refractivity contribution in [3.63, 3.8) is 0 Å². The number of aromatic nitrogens is 1. The van der Waals surface area contributed by atoms with Crippen LogP contribution in [-0.2, 0) is 9.84 Å². The van der Waals surface area contributed by atoms with Gasteiger partial charge in [0, 0.05) is 11.9 Å². The number of benzene rings is 2. The molecule has 5 nitrogen and oxygen atoms in total. The van der Waals surface area contributed by atoms with Crippen molar-refractivity contribution >= 4 is 21.4 Å². The molecule has 0 unspecified atom stereocenters. The molecule has 1 aromatic heterocycles. The average Bonchev–Trinajstić information content (AvgIpc) is 2.95. The van der Waals surface area contributed by atoms with Gasteiger partial charge in [-0.05, 0) is 36.4 Å². The topological polar surface area (TPSA) is 72.2 Å². The van der Waals surface area contributed by atoms with Crippen LogP contribution in [0, 0.1) is 11.6 Å². The summed E-state index contributed by atoms with van der Waals surface area (Å²) in [4.78, 5) is 4.04. The van der Waals surface area contributed by atoms with Gasteiger partial charge in [-0.1, -0.05) is 6.07 Å². The van der Waals surface area contributed by atoms with E-state index in [1.807, 2.05) is 0 Å². The molecule has 124 valence electrons. The molecule has 1 heterocycles. The number of halogens is 2. The van der Waals surface area contributed by atoms with Crippen LogP contribution in [-0.4, -0.2) is 19.7 Å². The van der Waals surface area contributed by atoms with E-state index in [9.17, 15) is 17.2 Å². The molecule has 8 heteroatoms. The van der Waals surface area contributed by atoms with Crippen molar-refractivity contribution in [3.05, 3.63) is 60.3 Å². The number of anilines is 2. The zero-order valence-corrected chi connectivity index (χ0v) is 13.3. The predicted molar refractivity (Wildman–Crippen MR) is 84.7 cm³/mol. The van der Waals surface area contributed by atoms with Crippen LogP contribution in [0.15, 0.2) is 58.0 Å². The highest BCUT2D eigenvalue weighted by molar-refractivity contribution is 7.90. The molecule has 0 amide bonds. The molecule has 3 aromatic rings. The van der Waals surface area contributed by atoms with Gasteiger partial charge in [-0.25, -0.2) is 22.2 Å². The molecule has 2 aromatic carbocycles. The molecule has 0 atom stereocenters. The third-order valence-electron chi connectivity index (χ3n) is 3.23. The van der Waals surface area contributed by atoms with Crippen LogP contribution in [0.1, 0.15) is 0 Å². The van der Waals surface area contributed by atoms with Gasteiger partial charge in [0.05, 0.1) is 11.1 Å². The van der Waals surface area contributed by atoms with E-state index < -0.39 is 21.5 Å². The first-order valence-corrected chi connectivity index (χ1v) is 8.71. The highest BCUT2D eigenvalue weighted by Crippen LogP contribution is 2.28. The molecular weight excluding hydrogens is 338 g/mol. The first-order valence-electron chi connectivity index (χ1n) is 6.82. The molecule has 0 aliphatic carbocycles. The fourth-order valence-corrected chi connectivity index (χ4v) is 2.71. The molecule has 0 spiro atoms. The average molecular weight is 350 g/mol. The molecule has 1 N–H and O–H groups in total. The van der Waals surface area contributed by atoms with Gasteiger partial charge in [0.15, 0.2) is 9.84 Å². The minimum Gasteiger partial charge on any atom is -0.420 e. The quantitative estimate of drug-likeness (QED) is 0.775. The van der Waals surface area contributed by atoms with Crippen LogP contribution < -0.4 is 5.32 Å². The lowest BCUT2D eigenvalue weighted by Crippen LogP contribution is -1.97. The standard InChI is InChI=1S/C16H12F2N2O3S/c1-24(21,22)11-7-5-10(6-8-11)20-14-9-19-16(23-14)15-12(17)3-2-4-13(15)18/h2-9,20H,1H3. The monoisotopic (exact) mass is 350 g/mol. The maximum Gasteiger partial charge on any atom is 0.234 e. The number of nitrogens with one attached hydrogen (secondary N) is 1. The second-order valence-electron chi connectivity index (χ2n) is 5.05. The Morgan fingerprint density at radius 2 is 1.67 bits per heavy atom. The fourth-order valence-electron chi connectivity index (χ4n) is 2.08. The Kier molecular flexibility index (Phi) is 4.06. The Labute approximate surface area is 136 Å². The van der Waals surface area contributed by atoms with Gasteiger partial charge < -0.3 is 9.73 Å². The van der Waals surface area contributed by atoms with E-state index >= 15 is 0 Å². The van der Waals surface area contributed by atoms with Gasteiger partial charge in [0.1, 0.15) is 17.2 Å². The molecule has 0 bridgehead atoms. The van der Waals surface area contributed by atoms with Crippen LogP contribution >= 0.6 is 0 Å². The van der Waals surface area contributed by atoms with E-state index in [1.54, 1.807) is 12.1 Å². The maximum atomic E-state index is 13.7. The minimum absolute atomic E-state index is 0.166. The molecule has 0 aliphatic heterocycles. The zero-order valence-electron chi connectivity index (χ0n) is 12.5. The van der Waals surface area contributed by atoms with E-state index in [2.05, 4.69) is 10.3 Å². The lowest BCUT2D eigenvalue weighted by atomic mass is 10.2. The van der Waals surface area contributed by atoms with Crippen molar-refractivity contribution in [2.75, 3.05) is 11.6 Å². The normalized spacial score (nSPS) is 11.5. The number of oxazole rings is 1. The predicted octanol–water partition coefficient (Wildman–Crippen LogP) is 3.77. The number of hydrogen-bond donors (Lipinski definition) is 1. The third kappa shape index (κ3) is 3.28. The van der Waals surface area contributed by atoms with E-state index in [0.29, 0.717) is 5.69 Å². The lowest BCUT2D eigenvalue weighted by Gasteiger charge is -2.04. The number of hydrogen-bond acceptors (Lipinski definition) is 5. The SMILES string of the molecule is CS(=O)(=O)c1ccc(Nc2cnc(-c3c(F)cccc3F)o2)cc1. The van der Waals surface area contributed by atoms with Gasteiger partial charge in [0.2, 0.25) is 11.8 Å². The third-order valence-corrected chi connectivity index (χ3v) is 4.36. The van der Waals surface area contributed by atoms with Gasteiger partial charge in [0.25, 0.3) is 0 Å². The van der Waals surface area contributed by atoms with Crippen LogP contribution in [0.25, 0.3) is 11.5 Å². The molecule has 3 rings (SSSR count). The summed E-state index contributed by atoms with van der Waals surface area (Å²) in [5.41, 5.74) is 0.192. The van der Waals surface area contributed by atoms with Crippen molar-refractivity contribution < 1.29 is 21.6 Å². The first-order chi connectivity index (χ1) is 11.3. The lowest BCUT2D eigenvalue weighted by molar-refractivity contribution is 0.550. The summed E-state index contributed by atoms with van der Waals surface area (Å²) >= 11 is 0. The van der Waals surface area contributed by atoms with Crippen LogP contribution in [0.2, 0.25) is 0 Å². The second-order valence-corrected chi connectivity index (χ2v) is 7.06. The smallest absolute Gasteiger partial charge is 0.234 e. The van der Waals surface area contributed by atoms with Crippen molar-refractivity contribution in [2.24, 2.45) is 0 Å². The van der Waals surface area contributed by atoms with Crippen LogP contribution in [0.5, 0.6) is 0 Å². The highest BCUT2D eigenvalue weighted by atomic mass is 32.2.